The van der Waals surface area contributed by atoms with Gasteiger partial charge < -0.3 is 10.2 Å². The molecule has 4 aliphatic carbocycles. The number of nitriles is 1. The zero-order valence-electron chi connectivity index (χ0n) is 20.8. The lowest BCUT2D eigenvalue weighted by Gasteiger charge is -2.62. The van der Waals surface area contributed by atoms with Crippen molar-refractivity contribution in [3.63, 3.8) is 0 Å². The zero-order chi connectivity index (χ0) is 23.4. The lowest BCUT2D eigenvalue weighted by atomic mass is 9.43. The molecule has 5 heteroatoms. The molecular weight excluding hydrogens is 410 g/mol. The van der Waals surface area contributed by atoms with Crippen molar-refractivity contribution in [2.45, 2.75) is 109 Å². The fourth-order valence-electron chi connectivity index (χ4n) is 9.45. The Morgan fingerprint density at radius 2 is 1.94 bits per heavy atom. The molecule has 9 atom stereocenters. The largest absolute Gasteiger partial charge is 0.390 e. The van der Waals surface area contributed by atoms with Crippen LogP contribution in [0.1, 0.15) is 97.0 Å². The summed E-state index contributed by atoms with van der Waals surface area (Å²) in [5.41, 5.74) is -0.527. The summed E-state index contributed by atoms with van der Waals surface area (Å²) in [5, 5.41) is 36.2. The summed E-state index contributed by atoms with van der Waals surface area (Å²) in [6.45, 7) is 7.10. The molecule has 182 valence electrons. The van der Waals surface area contributed by atoms with Gasteiger partial charge >= 0.3 is 0 Å². The Kier molecular flexibility index (Phi) is 5.93. The first kappa shape index (κ1) is 23.4. The Balaban J connectivity index is 1.35. The van der Waals surface area contributed by atoms with Gasteiger partial charge in [0.25, 0.3) is 0 Å². The highest BCUT2D eigenvalue weighted by Gasteiger charge is 2.59. The smallest absolute Gasteiger partial charge is 0.102 e. The van der Waals surface area contributed by atoms with E-state index in [1.54, 1.807) is 17.1 Å². The van der Waals surface area contributed by atoms with E-state index in [4.69, 9.17) is 5.26 Å². The summed E-state index contributed by atoms with van der Waals surface area (Å²) < 4.78 is 1.76. The predicted molar refractivity (Wildman–Crippen MR) is 128 cm³/mol. The van der Waals surface area contributed by atoms with Gasteiger partial charge in [-0.2, -0.15) is 10.4 Å². The second-order valence-electron chi connectivity index (χ2n) is 12.7. The van der Waals surface area contributed by atoms with Crippen molar-refractivity contribution < 1.29 is 10.2 Å². The van der Waals surface area contributed by atoms with Crippen LogP contribution in [0.25, 0.3) is 0 Å². The van der Waals surface area contributed by atoms with Gasteiger partial charge in [-0.05, 0) is 112 Å². The molecule has 33 heavy (non-hydrogen) atoms. The minimum atomic E-state index is -0.835. The maximum atomic E-state index is 11.8. The fourth-order valence-corrected chi connectivity index (χ4v) is 9.45. The Labute approximate surface area is 199 Å². The van der Waals surface area contributed by atoms with Crippen LogP contribution in [-0.4, -0.2) is 31.2 Å². The Morgan fingerprint density at radius 1 is 1.15 bits per heavy atom. The third kappa shape index (κ3) is 3.96. The molecule has 1 heterocycles. The summed E-state index contributed by atoms with van der Waals surface area (Å²) in [5.74, 6) is 4.07. The fraction of sp³-hybridized carbons (Fsp3) is 0.857. The molecule has 5 nitrogen and oxygen atoms in total. The zero-order valence-corrected chi connectivity index (χ0v) is 20.8. The maximum Gasteiger partial charge on any atom is 0.102 e. The predicted octanol–water partition coefficient (Wildman–Crippen LogP) is 5.31. The normalized spacial score (nSPS) is 44.6. The molecule has 0 bridgehead atoms. The van der Waals surface area contributed by atoms with Crippen molar-refractivity contribution in [1.82, 2.24) is 9.78 Å². The van der Waals surface area contributed by atoms with Crippen molar-refractivity contribution in [3.8, 4) is 6.07 Å². The molecule has 0 unspecified atom stereocenters. The van der Waals surface area contributed by atoms with Crippen LogP contribution in [0.15, 0.2) is 12.4 Å². The van der Waals surface area contributed by atoms with E-state index < -0.39 is 11.2 Å². The highest BCUT2D eigenvalue weighted by Crippen LogP contribution is 2.64. The third-order valence-corrected chi connectivity index (χ3v) is 11.0. The van der Waals surface area contributed by atoms with Crippen LogP contribution in [0.4, 0.5) is 0 Å². The molecule has 1 aromatic rings. The molecule has 0 aromatic carbocycles. The molecule has 0 radical (unpaired) electrons. The number of fused-ring (bicyclic) bond motifs is 5. The summed E-state index contributed by atoms with van der Waals surface area (Å²) in [4.78, 5) is 0. The number of rotatable bonds is 4. The topological polar surface area (TPSA) is 82.1 Å². The second kappa shape index (κ2) is 8.38. The summed E-state index contributed by atoms with van der Waals surface area (Å²) in [6, 6.07) is 2.15. The highest BCUT2D eigenvalue weighted by molar-refractivity contribution is 5.21. The molecule has 1 aromatic heterocycles. The monoisotopic (exact) mass is 453 g/mol. The minimum Gasteiger partial charge on any atom is -0.390 e. The van der Waals surface area contributed by atoms with E-state index in [-0.39, 0.29) is 11.3 Å². The van der Waals surface area contributed by atoms with Crippen LogP contribution < -0.4 is 0 Å². The van der Waals surface area contributed by atoms with Crippen LogP contribution in [0.2, 0.25) is 0 Å². The number of nitrogens with zero attached hydrogens (tertiary/aromatic N) is 3. The van der Waals surface area contributed by atoms with Gasteiger partial charge in [-0.3, -0.25) is 4.68 Å². The second-order valence-corrected chi connectivity index (χ2v) is 12.7. The van der Waals surface area contributed by atoms with Crippen molar-refractivity contribution in [2.24, 2.45) is 40.9 Å². The average molecular weight is 454 g/mol. The summed E-state index contributed by atoms with van der Waals surface area (Å²) in [6.07, 6.45) is 16.2. The van der Waals surface area contributed by atoms with Crippen molar-refractivity contribution >= 4 is 0 Å². The quantitative estimate of drug-likeness (QED) is 0.648. The molecule has 4 aliphatic rings. The molecule has 4 fully saturated rings. The number of hydrogen-bond acceptors (Lipinski definition) is 4. The average Bonchev–Trinajstić information content (AvgIpc) is 3.24. The van der Waals surface area contributed by atoms with Gasteiger partial charge in [-0.25, -0.2) is 0 Å². The third-order valence-electron chi connectivity index (χ3n) is 11.0. The summed E-state index contributed by atoms with van der Waals surface area (Å²) in [7, 11) is 0. The van der Waals surface area contributed by atoms with Gasteiger partial charge in [0.2, 0.25) is 0 Å². The molecule has 0 amide bonds. The van der Waals surface area contributed by atoms with E-state index >= 15 is 0 Å². The number of hydrogen-bond donors (Lipinski definition) is 2. The van der Waals surface area contributed by atoms with Gasteiger partial charge in [0.15, 0.2) is 0 Å². The lowest BCUT2D eigenvalue weighted by molar-refractivity contribution is -0.171. The van der Waals surface area contributed by atoms with E-state index in [9.17, 15) is 10.2 Å². The maximum absolute atomic E-state index is 11.8. The van der Waals surface area contributed by atoms with E-state index in [1.165, 1.54) is 44.9 Å². The van der Waals surface area contributed by atoms with Crippen LogP contribution >= 0.6 is 0 Å². The van der Waals surface area contributed by atoms with Crippen LogP contribution in [0, 0.1) is 52.3 Å². The molecule has 0 saturated heterocycles. The minimum absolute atomic E-state index is 0.166. The van der Waals surface area contributed by atoms with Crippen LogP contribution in [-0.2, 0) is 6.54 Å². The molecule has 0 spiro atoms. The molecule has 2 N–H and O–H groups in total. The SMILES string of the molecule is CC[C@@]1(O)CC[C@H]2[C@H](CC[C@@H]3[C@@H]2CC[C@@]2(C)[C@H]3CCC[C@@H]2[C@@](C)(O)Cn2cc(C#N)cn2)C1. The molecule has 5 rings (SSSR count). The first-order valence-corrected chi connectivity index (χ1v) is 13.6. The highest BCUT2D eigenvalue weighted by atomic mass is 16.3. The van der Waals surface area contributed by atoms with Crippen LogP contribution in [0.3, 0.4) is 0 Å². The number of aliphatic hydroxyl groups is 2. The van der Waals surface area contributed by atoms with Gasteiger partial charge in [0.1, 0.15) is 6.07 Å². The standard InChI is InChI=1S/C28H43N3O2/c1-4-28(33)13-11-21-20(14-28)8-9-23-22(21)10-12-26(2)24(23)6-5-7-25(26)27(3,32)18-31-17-19(15-29)16-30-31/h16-17,20-25,32-33H,4-14,18H2,1-3H3/t20-,21+,22-,23-,24+,25+,26+,27+,28-/m1/s1. The van der Waals surface area contributed by atoms with E-state index in [1.807, 2.05) is 6.92 Å². The Bertz CT molecular complexity index is 903. The first-order valence-electron chi connectivity index (χ1n) is 13.6. The Morgan fingerprint density at radius 3 is 2.67 bits per heavy atom. The van der Waals surface area contributed by atoms with Gasteiger partial charge in [0, 0.05) is 6.20 Å². The van der Waals surface area contributed by atoms with E-state index in [0.29, 0.717) is 23.9 Å². The van der Waals surface area contributed by atoms with Crippen molar-refractivity contribution in [2.75, 3.05) is 0 Å². The number of aromatic nitrogens is 2. The lowest BCUT2D eigenvalue weighted by Crippen LogP contribution is -2.58. The van der Waals surface area contributed by atoms with Gasteiger partial charge in [0.05, 0.1) is 29.5 Å². The van der Waals surface area contributed by atoms with Crippen LogP contribution in [0.5, 0.6) is 0 Å². The Hall–Kier alpha value is -1.38. The molecular formula is C28H43N3O2. The molecule has 0 aliphatic heterocycles. The van der Waals surface area contributed by atoms with Crippen molar-refractivity contribution in [1.29, 1.82) is 5.26 Å². The van der Waals surface area contributed by atoms with Gasteiger partial charge in [-0.1, -0.05) is 20.3 Å². The van der Waals surface area contributed by atoms with Gasteiger partial charge in [-0.15, -0.1) is 0 Å². The summed E-state index contributed by atoms with van der Waals surface area (Å²) >= 11 is 0. The first-order chi connectivity index (χ1) is 15.7. The van der Waals surface area contributed by atoms with Crippen molar-refractivity contribution in [3.05, 3.63) is 18.0 Å². The molecule has 4 saturated carbocycles. The van der Waals surface area contributed by atoms with E-state index in [2.05, 4.69) is 25.0 Å². The van der Waals surface area contributed by atoms with E-state index in [0.717, 1.165) is 43.4 Å².